The van der Waals surface area contributed by atoms with Gasteiger partial charge in [0.2, 0.25) is 0 Å². The van der Waals surface area contributed by atoms with Crippen LogP contribution in [0.5, 0.6) is 0 Å². The largest absolute Gasteiger partial charge is 0.376 e. The molecule has 3 aromatic rings. The topological polar surface area (TPSA) is 51.1 Å². The van der Waals surface area contributed by atoms with Crippen molar-refractivity contribution in [2.75, 3.05) is 13.2 Å². The highest BCUT2D eigenvalue weighted by Gasteiger charge is 2.16. The molecule has 2 aromatic carbocycles. The number of ether oxygens (including phenoxy) is 1. The third-order valence-corrected chi connectivity index (χ3v) is 5.17. The summed E-state index contributed by atoms with van der Waals surface area (Å²) in [5.41, 5.74) is 3.59. The molecule has 1 aliphatic heterocycles. The second-order valence-corrected chi connectivity index (χ2v) is 7.40. The molecule has 29 heavy (non-hydrogen) atoms. The summed E-state index contributed by atoms with van der Waals surface area (Å²) in [4.78, 5) is 0. The number of rotatable bonds is 6. The molecule has 1 fully saturated rings. The Balaban J connectivity index is 1.50. The summed E-state index contributed by atoms with van der Waals surface area (Å²) in [5, 5.41) is 11.8. The minimum absolute atomic E-state index is 0.227. The molecule has 5 nitrogen and oxygen atoms in total. The monoisotopic (exact) mass is 410 g/mol. The van der Waals surface area contributed by atoms with Crippen LogP contribution in [0.1, 0.15) is 18.4 Å². The van der Waals surface area contributed by atoms with Gasteiger partial charge in [-0.3, -0.25) is 0 Å². The van der Waals surface area contributed by atoms with Gasteiger partial charge in [0.1, 0.15) is 5.82 Å². The summed E-state index contributed by atoms with van der Waals surface area (Å²) < 4.78 is 20.8. The SMILES string of the molecule is Fc1ccc(-c2nn(-c3ccccc3)cc2CNC(=S)NC[C@@H]2CCCO2)cc1. The van der Waals surface area contributed by atoms with Gasteiger partial charge in [0.25, 0.3) is 0 Å². The molecule has 0 bridgehead atoms. The summed E-state index contributed by atoms with van der Waals surface area (Å²) in [7, 11) is 0. The number of aromatic nitrogens is 2. The Bertz CT molecular complexity index is 953. The highest BCUT2D eigenvalue weighted by molar-refractivity contribution is 7.80. The van der Waals surface area contributed by atoms with E-state index in [0.717, 1.165) is 42.0 Å². The number of hydrogen-bond donors (Lipinski definition) is 2. The zero-order chi connectivity index (χ0) is 20.1. The maximum absolute atomic E-state index is 13.4. The van der Waals surface area contributed by atoms with Crippen molar-refractivity contribution in [1.82, 2.24) is 20.4 Å². The van der Waals surface area contributed by atoms with Gasteiger partial charge in [0, 0.05) is 37.0 Å². The van der Waals surface area contributed by atoms with Gasteiger partial charge in [0.15, 0.2) is 5.11 Å². The van der Waals surface area contributed by atoms with E-state index in [9.17, 15) is 4.39 Å². The van der Waals surface area contributed by atoms with E-state index in [1.54, 1.807) is 12.1 Å². The molecule has 0 radical (unpaired) electrons. The van der Waals surface area contributed by atoms with Crippen molar-refractivity contribution in [3.63, 3.8) is 0 Å². The van der Waals surface area contributed by atoms with Crippen LogP contribution < -0.4 is 10.6 Å². The lowest BCUT2D eigenvalue weighted by molar-refractivity contribution is 0.114. The summed E-state index contributed by atoms with van der Waals surface area (Å²) in [5.74, 6) is -0.268. The second-order valence-electron chi connectivity index (χ2n) is 6.99. The fraction of sp³-hybridized carbons (Fsp3) is 0.273. The van der Waals surface area contributed by atoms with Crippen molar-refractivity contribution in [2.24, 2.45) is 0 Å². The highest BCUT2D eigenvalue weighted by Crippen LogP contribution is 2.24. The predicted octanol–water partition coefficient (Wildman–Crippen LogP) is 3.82. The zero-order valence-corrected chi connectivity index (χ0v) is 16.8. The maximum atomic E-state index is 13.4. The van der Waals surface area contributed by atoms with Gasteiger partial charge >= 0.3 is 0 Å². The van der Waals surface area contributed by atoms with Crippen LogP contribution in [0.2, 0.25) is 0 Å². The van der Waals surface area contributed by atoms with Gasteiger partial charge in [-0.15, -0.1) is 0 Å². The molecule has 150 valence electrons. The molecule has 1 aromatic heterocycles. The second kappa shape index (κ2) is 9.15. The zero-order valence-electron chi connectivity index (χ0n) is 16.0. The number of nitrogens with one attached hydrogen (secondary N) is 2. The summed E-state index contributed by atoms with van der Waals surface area (Å²) >= 11 is 5.41. The van der Waals surface area contributed by atoms with E-state index in [1.165, 1.54) is 12.1 Å². The molecule has 4 rings (SSSR count). The van der Waals surface area contributed by atoms with Gasteiger partial charge in [-0.2, -0.15) is 5.10 Å². The molecule has 2 N–H and O–H groups in total. The lowest BCUT2D eigenvalue weighted by atomic mass is 10.1. The van der Waals surface area contributed by atoms with Crippen LogP contribution in [-0.2, 0) is 11.3 Å². The summed E-state index contributed by atoms with van der Waals surface area (Å²) in [6.07, 6.45) is 4.37. The van der Waals surface area contributed by atoms with Crippen molar-refractivity contribution >= 4 is 17.3 Å². The van der Waals surface area contributed by atoms with Gasteiger partial charge in [-0.1, -0.05) is 18.2 Å². The molecule has 0 unspecified atom stereocenters. The molecule has 2 heterocycles. The fourth-order valence-electron chi connectivity index (χ4n) is 3.35. The Morgan fingerprint density at radius 3 is 2.66 bits per heavy atom. The van der Waals surface area contributed by atoms with E-state index < -0.39 is 0 Å². The smallest absolute Gasteiger partial charge is 0.166 e. The Morgan fingerprint density at radius 2 is 1.93 bits per heavy atom. The molecular formula is C22H23FN4OS. The Labute approximate surface area is 174 Å². The molecular weight excluding hydrogens is 387 g/mol. The Kier molecular flexibility index (Phi) is 6.17. The number of benzene rings is 2. The van der Waals surface area contributed by atoms with Gasteiger partial charge in [-0.25, -0.2) is 9.07 Å². The third-order valence-electron chi connectivity index (χ3n) is 4.88. The number of hydrogen-bond acceptors (Lipinski definition) is 3. The van der Waals surface area contributed by atoms with Crippen molar-refractivity contribution in [1.29, 1.82) is 0 Å². The standard InChI is InChI=1S/C22H23FN4OS/c23-18-10-8-16(9-11-18)21-17(15-27(26-21)19-5-2-1-3-6-19)13-24-22(29)25-14-20-7-4-12-28-20/h1-3,5-6,8-11,15,20H,4,7,12-14H2,(H2,24,25,29)/t20-/m0/s1. The van der Waals surface area contributed by atoms with Gasteiger partial charge in [-0.05, 0) is 61.5 Å². The molecule has 0 aliphatic carbocycles. The quantitative estimate of drug-likeness (QED) is 0.605. The number of para-hydroxylation sites is 1. The van der Waals surface area contributed by atoms with Crippen LogP contribution in [0.4, 0.5) is 4.39 Å². The van der Waals surface area contributed by atoms with Crippen LogP contribution in [0.15, 0.2) is 60.8 Å². The Morgan fingerprint density at radius 1 is 1.14 bits per heavy atom. The third kappa shape index (κ3) is 4.99. The van der Waals surface area contributed by atoms with Crippen LogP contribution >= 0.6 is 12.2 Å². The van der Waals surface area contributed by atoms with Gasteiger partial charge < -0.3 is 15.4 Å². The number of nitrogens with zero attached hydrogens (tertiary/aromatic N) is 2. The molecule has 0 saturated carbocycles. The van der Waals surface area contributed by atoms with E-state index >= 15 is 0 Å². The molecule has 1 aliphatic rings. The first kappa shape index (κ1) is 19.5. The van der Waals surface area contributed by atoms with Gasteiger partial charge in [0.05, 0.1) is 17.5 Å². The van der Waals surface area contributed by atoms with E-state index in [4.69, 9.17) is 22.1 Å². The number of halogens is 1. The lowest BCUT2D eigenvalue weighted by Crippen LogP contribution is -2.39. The van der Waals surface area contributed by atoms with Crippen LogP contribution in [0, 0.1) is 5.82 Å². The van der Waals surface area contributed by atoms with Crippen molar-refractivity contribution < 1.29 is 9.13 Å². The summed E-state index contributed by atoms with van der Waals surface area (Å²) in [6.45, 7) is 2.04. The lowest BCUT2D eigenvalue weighted by Gasteiger charge is -2.14. The first-order valence-electron chi connectivity index (χ1n) is 9.72. The minimum atomic E-state index is -0.268. The predicted molar refractivity (Wildman–Crippen MR) is 115 cm³/mol. The normalized spacial score (nSPS) is 16.0. The maximum Gasteiger partial charge on any atom is 0.166 e. The molecule has 1 atom stereocenters. The van der Waals surface area contributed by atoms with Crippen LogP contribution in [0.3, 0.4) is 0 Å². The molecule has 7 heteroatoms. The van der Waals surface area contributed by atoms with E-state index in [-0.39, 0.29) is 11.9 Å². The minimum Gasteiger partial charge on any atom is -0.376 e. The van der Waals surface area contributed by atoms with Crippen LogP contribution in [-0.4, -0.2) is 34.1 Å². The Hall–Kier alpha value is -2.77. The molecule has 1 saturated heterocycles. The van der Waals surface area contributed by atoms with Crippen LogP contribution in [0.25, 0.3) is 16.9 Å². The first-order chi connectivity index (χ1) is 14.2. The fourth-order valence-corrected chi connectivity index (χ4v) is 3.51. The number of thiocarbonyl (C=S) groups is 1. The van der Waals surface area contributed by atoms with E-state index in [0.29, 0.717) is 18.2 Å². The first-order valence-corrected chi connectivity index (χ1v) is 10.1. The van der Waals surface area contributed by atoms with Crippen molar-refractivity contribution in [2.45, 2.75) is 25.5 Å². The van der Waals surface area contributed by atoms with E-state index in [2.05, 4.69) is 10.6 Å². The van der Waals surface area contributed by atoms with Crippen molar-refractivity contribution in [3.8, 4) is 16.9 Å². The average Bonchev–Trinajstić information content (AvgIpc) is 3.42. The highest BCUT2D eigenvalue weighted by atomic mass is 32.1. The average molecular weight is 411 g/mol. The van der Waals surface area contributed by atoms with Crippen molar-refractivity contribution in [3.05, 3.63) is 72.2 Å². The van der Waals surface area contributed by atoms with E-state index in [1.807, 2.05) is 41.2 Å². The summed E-state index contributed by atoms with van der Waals surface area (Å²) in [6, 6.07) is 16.3. The molecule has 0 amide bonds. The molecule has 0 spiro atoms.